The van der Waals surface area contributed by atoms with Gasteiger partial charge < -0.3 is 9.64 Å². The molecule has 2 rings (SSSR count). The molecule has 1 saturated heterocycles. The fraction of sp³-hybridized carbons (Fsp3) is 0.471. The van der Waals surface area contributed by atoms with Crippen molar-refractivity contribution < 1.29 is 14.5 Å². The Labute approximate surface area is 135 Å². The van der Waals surface area contributed by atoms with Gasteiger partial charge in [-0.2, -0.15) is 0 Å². The molecule has 0 atom stereocenters. The topological polar surface area (TPSA) is 72.7 Å². The molecule has 0 bridgehead atoms. The lowest BCUT2D eigenvalue weighted by Crippen LogP contribution is -2.46. The number of ether oxygens (including phenoxy) is 1. The van der Waals surface area contributed by atoms with Crippen molar-refractivity contribution in [2.24, 2.45) is 0 Å². The van der Waals surface area contributed by atoms with Crippen molar-refractivity contribution in [1.82, 2.24) is 4.90 Å². The number of carbonyl (C=O) groups excluding carboxylic acids is 1. The molecule has 1 fully saturated rings. The van der Waals surface area contributed by atoms with Crippen molar-refractivity contribution in [3.8, 4) is 0 Å². The van der Waals surface area contributed by atoms with Crippen molar-refractivity contribution in [2.45, 2.75) is 38.8 Å². The first-order valence-electron chi connectivity index (χ1n) is 7.82. The molecule has 0 aromatic heterocycles. The fourth-order valence-corrected chi connectivity index (χ4v) is 2.86. The van der Waals surface area contributed by atoms with E-state index in [0.717, 1.165) is 12.8 Å². The molecule has 124 valence electrons. The molecule has 0 spiro atoms. The van der Waals surface area contributed by atoms with Gasteiger partial charge in [-0.05, 0) is 38.8 Å². The molecule has 1 aliphatic rings. The normalized spacial score (nSPS) is 16.0. The Kier molecular flexibility index (Phi) is 5.87. The van der Waals surface area contributed by atoms with Crippen LogP contribution < -0.4 is 0 Å². The Balaban J connectivity index is 2.16. The molecule has 1 aliphatic heterocycles. The van der Waals surface area contributed by atoms with E-state index in [9.17, 15) is 14.9 Å². The highest BCUT2D eigenvalue weighted by molar-refractivity contribution is 5.92. The zero-order valence-corrected chi connectivity index (χ0v) is 13.5. The second-order valence-electron chi connectivity index (χ2n) is 5.83. The number of carbonyl (C=O) groups is 1. The SMILES string of the molecule is CC(C)N(C(=O)/C=C\c1ccccc1[N+](=O)[O-])C1CCOCC1. The summed E-state index contributed by atoms with van der Waals surface area (Å²) in [6.07, 6.45) is 4.60. The van der Waals surface area contributed by atoms with Crippen molar-refractivity contribution in [3.63, 3.8) is 0 Å². The molecular weight excluding hydrogens is 296 g/mol. The summed E-state index contributed by atoms with van der Waals surface area (Å²) < 4.78 is 5.35. The zero-order valence-electron chi connectivity index (χ0n) is 13.5. The first-order chi connectivity index (χ1) is 11.0. The average molecular weight is 318 g/mol. The maximum Gasteiger partial charge on any atom is 0.276 e. The number of benzene rings is 1. The highest BCUT2D eigenvalue weighted by atomic mass is 16.6. The van der Waals surface area contributed by atoms with Gasteiger partial charge in [0.25, 0.3) is 5.69 Å². The first kappa shape index (κ1) is 17.1. The van der Waals surface area contributed by atoms with E-state index in [1.165, 1.54) is 18.2 Å². The lowest BCUT2D eigenvalue weighted by molar-refractivity contribution is -0.385. The van der Waals surface area contributed by atoms with Gasteiger partial charge in [0, 0.05) is 37.4 Å². The molecule has 1 aromatic carbocycles. The molecule has 1 amide bonds. The van der Waals surface area contributed by atoms with Crippen molar-refractivity contribution in [2.75, 3.05) is 13.2 Å². The quantitative estimate of drug-likeness (QED) is 0.475. The Morgan fingerprint density at radius 1 is 1.35 bits per heavy atom. The number of para-hydroxylation sites is 1. The summed E-state index contributed by atoms with van der Waals surface area (Å²) in [6, 6.07) is 6.63. The minimum Gasteiger partial charge on any atom is -0.381 e. The van der Waals surface area contributed by atoms with Crippen LogP contribution in [0, 0.1) is 10.1 Å². The number of hydrogen-bond donors (Lipinski definition) is 0. The number of rotatable bonds is 5. The number of amides is 1. The van der Waals surface area contributed by atoms with E-state index in [-0.39, 0.29) is 23.7 Å². The molecule has 1 aromatic rings. The molecular formula is C17H22N2O4. The van der Waals surface area contributed by atoms with E-state index in [2.05, 4.69) is 0 Å². The average Bonchev–Trinajstić information content (AvgIpc) is 2.54. The summed E-state index contributed by atoms with van der Waals surface area (Å²) in [4.78, 5) is 25.0. The second kappa shape index (κ2) is 7.87. The first-order valence-corrected chi connectivity index (χ1v) is 7.82. The molecule has 0 N–H and O–H groups in total. The lowest BCUT2D eigenvalue weighted by atomic mass is 10.0. The number of nitrogens with zero attached hydrogens (tertiary/aromatic N) is 2. The van der Waals surface area contributed by atoms with Gasteiger partial charge in [-0.1, -0.05) is 12.1 Å². The van der Waals surface area contributed by atoms with Gasteiger partial charge >= 0.3 is 0 Å². The molecule has 6 heteroatoms. The van der Waals surface area contributed by atoms with Gasteiger partial charge in [0.2, 0.25) is 5.91 Å². The van der Waals surface area contributed by atoms with Gasteiger partial charge in [0.05, 0.1) is 10.5 Å². The highest BCUT2D eigenvalue weighted by Gasteiger charge is 2.26. The summed E-state index contributed by atoms with van der Waals surface area (Å²) in [5.74, 6) is -0.120. The van der Waals surface area contributed by atoms with E-state index in [0.29, 0.717) is 18.8 Å². The van der Waals surface area contributed by atoms with Crippen molar-refractivity contribution >= 4 is 17.7 Å². The van der Waals surface area contributed by atoms with Crippen molar-refractivity contribution in [1.29, 1.82) is 0 Å². The third-order valence-corrected chi connectivity index (χ3v) is 3.93. The summed E-state index contributed by atoms with van der Waals surface area (Å²) in [7, 11) is 0. The maximum atomic E-state index is 12.6. The Morgan fingerprint density at radius 3 is 2.61 bits per heavy atom. The van der Waals surface area contributed by atoms with Crippen LogP contribution in [0.25, 0.3) is 6.08 Å². The van der Waals surface area contributed by atoms with Crippen LogP contribution in [-0.2, 0) is 9.53 Å². The van der Waals surface area contributed by atoms with Crippen LogP contribution >= 0.6 is 0 Å². The predicted molar refractivity (Wildman–Crippen MR) is 88.0 cm³/mol. The van der Waals surface area contributed by atoms with Crippen LogP contribution in [0.15, 0.2) is 30.3 Å². The fourth-order valence-electron chi connectivity index (χ4n) is 2.86. The summed E-state index contributed by atoms with van der Waals surface area (Å²) in [6.45, 7) is 5.28. The second-order valence-corrected chi connectivity index (χ2v) is 5.83. The maximum absolute atomic E-state index is 12.6. The van der Waals surface area contributed by atoms with E-state index in [1.54, 1.807) is 18.2 Å². The molecule has 0 aliphatic carbocycles. The van der Waals surface area contributed by atoms with Crippen LogP contribution in [0.3, 0.4) is 0 Å². The van der Waals surface area contributed by atoms with E-state index in [1.807, 2.05) is 18.7 Å². The van der Waals surface area contributed by atoms with E-state index >= 15 is 0 Å². The van der Waals surface area contributed by atoms with Gasteiger partial charge in [0.15, 0.2) is 0 Å². The van der Waals surface area contributed by atoms with Gasteiger partial charge in [-0.3, -0.25) is 14.9 Å². The largest absolute Gasteiger partial charge is 0.381 e. The van der Waals surface area contributed by atoms with E-state index in [4.69, 9.17) is 4.74 Å². The molecule has 0 saturated carbocycles. The molecule has 23 heavy (non-hydrogen) atoms. The minimum absolute atomic E-state index is 0.00119. The lowest BCUT2D eigenvalue weighted by Gasteiger charge is -2.36. The summed E-state index contributed by atoms with van der Waals surface area (Å²) in [5.41, 5.74) is 0.431. The van der Waals surface area contributed by atoms with Crippen LogP contribution in [0.4, 0.5) is 5.69 Å². The smallest absolute Gasteiger partial charge is 0.276 e. The number of nitro benzene ring substituents is 1. The minimum atomic E-state index is -0.442. The van der Waals surface area contributed by atoms with Crippen LogP contribution in [-0.4, -0.2) is 41.0 Å². The molecule has 6 nitrogen and oxygen atoms in total. The van der Waals surface area contributed by atoms with E-state index < -0.39 is 4.92 Å². The Bertz CT molecular complexity index is 592. The number of nitro groups is 1. The predicted octanol–water partition coefficient (Wildman–Crippen LogP) is 3.02. The third kappa shape index (κ3) is 4.39. The number of hydrogen-bond acceptors (Lipinski definition) is 4. The monoisotopic (exact) mass is 318 g/mol. The van der Waals surface area contributed by atoms with Gasteiger partial charge in [-0.15, -0.1) is 0 Å². The third-order valence-electron chi connectivity index (χ3n) is 3.93. The summed E-state index contributed by atoms with van der Waals surface area (Å²) >= 11 is 0. The van der Waals surface area contributed by atoms with Crippen LogP contribution in [0.5, 0.6) is 0 Å². The van der Waals surface area contributed by atoms with Gasteiger partial charge in [0.1, 0.15) is 0 Å². The Morgan fingerprint density at radius 2 is 2.00 bits per heavy atom. The highest BCUT2D eigenvalue weighted by Crippen LogP contribution is 2.21. The van der Waals surface area contributed by atoms with Crippen LogP contribution in [0.2, 0.25) is 0 Å². The molecule has 0 radical (unpaired) electrons. The zero-order chi connectivity index (χ0) is 16.8. The standard InChI is InChI=1S/C17H22N2O4/c1-13(2)18(15-9-11-23-12-10-15)17(20)8-7-14-5-3-4-6-16(14)19(21)22/h3-8,13,15H,9-12H2,1-2H3/b8-7-. The summed E-state index contributed by atoms with van der Waals surface area (Å²) in [5, 5.41) is 11.0. The molecule has 1 heterocycles. The van der Waals surface area contributed by atoms with Gasteiger partial charge in [-0.25, -0.2) is 0 Å². The Hall–Kier alpha value is -2.21. The van der Waals surface area contributed by atoms with Crippen molar-refractivity contribution in [3.05, 3.63) is 46.0 Å². The molecule has 0 unspecified atom stereocenters. The van der Waals surface area contributed by atoms with Crippen LogP contribution in [0.1, 0.15) is 32.3 Å².